The third kappa shape index (κ3) is 13.2. The maximum Gasteiger partial charge on any atom is 0.327 e. The van der Waals surface area contributed by atoms with Crippen molar-refractivity contribution in [1.29, 1.82) is 0 Å². The second-order valence-corrected chi connectivity index (χ2v) is 4.83. The summed E-state index contributed by atoms with van der Waals surface area (Å²) in [6, 6.07) is 0. The molecule has 0 unspecified atom stereocenters. The van der Waals surface area contributed by atoms with Crippen LogP contribution >= 0.6 is 0 Å². The van der Waals surface area contributed by atoms with Gasteiger partial charge in [-0.3, -0.25) is 0 Å². The predicted octanol–water partition coefficient (Wildman–Crippen LogP) is 4.40. The highest BCUT2D eigenvalue weighted by molar-refractivity contribution is 5.79. The maximum absolute atomic E-state index is 10.2. The molecule has 0 spiro atoms. The fourth-order valence-electron chi connectivity index (χ4n) is 1.71. The van der Waals surface area contributed by atoms with E-state index in [4.69, 9.17) is 5.11 Å². The molecule has 94 valence electrons. The zero-order chi connectivity index (χ0) is 12.2. The van der Waals surface area contributed by atoms with E-state index >= 15 is 0 Å². The number of hydrogen-bond donors (Lipinski definition) is 1. The first-order chi connectivity index (χ1) is 7.63. The van der Waals surface area contributed by atoms with Gasteiger partial charge in [0.05, 0.1) is 0 Å². The first kappa shape index (κ1) is 15.2. The summed E-state index contributed by atoms with van der Waals surface area (Å²) >= 11 is 0. The van der Waals surface area contributed by atoms with Crippen molar-refractivity contribution in [1.82, 2.24) is 0 Å². The lowest BCUT2D eigenvalue weighted by Gasteiger charge is -2.03. The van der Waals surface area contributed by atoms with Crippen molar-refractivity contribution in [2.45, 2.75) is 65.2 Å². The van der Waals surface area contributed by atoms with E-state index < -0.39 is 5.97 Å². The monoisotopic (exact) mass is 226 g/mol. The summed E-state index contributed by atoms with van der Waals surface area (Å²) < 4.78 is 0. The molecule has 0 amide bonds. The Balaban J connectivity index is 3.07. The molecule has 0 bridgehead atoms. The lowest BCUT2D eigenvalue weighted by molar-refractivity contribution is -0.131. The molecule has 0 saturated carbocycles. The van der Waals surface area contributed by atoms with Crippen LogP contribution in [0.5, 0.6) is 0 Å². The number of unbranched alkanes of at least 4 members (excludes halogenated alkanes) is 6. The fraction of sp³-hybridized carbons (Fsp3) is 0.786. The van der Waals surface area contributed by atoms with Gasteiger partial charge in [0.15, 0.2) is 0 Å². The highest BCUT2D eigenvalue weighted by atomic mass is 16.4. The van der Waals surface area contributed by atoms with Crippen LogP contribution in [-0.2, 0) is 4.79 Å². The molecular formula is C14H26O2. The van der Waals surface area contributed by atoms with E-state index in [1.54, 1.807) is 6.08 Å². The lowest BCUT2D eigenvalue weighted by Crippen LogP contribution is -1.87. The van der Waals surface area contributed by atoms with Crippen molar-refractivity contribution in [3.63, 3.8) is 0 Å². The molecule has 2 heteroatoms. The summed E-state index contributed by atoms with van der Waals surface area (Å²) in [5, 5.41) is 8.37. The van der Waals surface area contributed by atoms with Crippen molar-refractivity contribution >= 4 is 5.97 Å². The molecule has 0 fully saturated rings. The maximum atomic E-state index is 10.2. The number of carboxylic acid groups (broad SMARTS) is 1. The van der Waals surface area contributed by atoms with Gasteiger partial charge in [-0.15, -0.1) is 0 Å². The Hall–Kier alpha value is -0.790. The van der Waals surface area contributed by atoms with Crippen LogP contribution in [0.4, 0.5) is 0 Å². The van der Waals surface area contributed by atoms with Gasteiger partial charge in [-0.2, -0.15) is 0 Å². The Labute approximate surface area is 99.7 Å². The molecule has 0 aromatic carbocycles. The zero-order valence-corrected chi connectivity index (χ0v) is 10.7. The van der Waals surface area contributed by atoms with Gasteiger partial charge >= 0.3 is 5.97 Å². The Morgan fingerprint density at radius 1 is 1.06 bits per heavy atom. The molecule has 0 aliphatic rings. The van der Waals surface area contributed by atoms with E-state index in [9.17, 15) is 4.79 Å². The second-order valence-electron chi connectivity index (χ2n) is 4.83. The summed E-state index contributed by atoms with van der Waals surface area (Å²) in [6.07, 6.45) is 12.9. The first-order valence-electron chi connectivity index (χ1n) is 6.52. The Bertz CT molecular complexity index is 195. The van der Waals surface area contributed by atoms with Gasteiger partial charge in [-0.05, 0) is 18.8 Å². The standard InChI is InChI=1S/C14H26O2/c1-13(2)11-9-7-5-3-4-6-8-10-12-14(15)16/h10,12-13H,3-9,11H2,1-2H3,(H,15,16). The zero-order valence-electron chi connectivity index (χ0n) is 10.7. The molecule has 16 heavy (non-hydrogen) atoms. The molecule has 0 atom stereocenters. The van der Waals surface area contributed by atoms with E-state index in [2.05, 4.69) is 13.8 Å². The summed E-state index contributed by atoms with van der Waals surface area (Å²) in [6.45, 7) is 4.55. The van der Waals surface area contributed by atoms with Gasteiger partial charge in [0.1, 0.15) is 0 Å². The van der Waals surface area contributed by atoms with Gasteiger partial charge in [-0.1, -0.05) is 58.4 Å². The highest BCUT2D eigenvalue weighted by Gasteiger charge is 1.94. The van der Waals surface area contributed by atoms with Crippen LogP contribution in [0.1, 0.15) is 65.2 Å². The van der Waals surface area contributed by atoms with Crippen LogP contribution in [-0.4, -0.2) is 11.1 Å². The van der Waals surface area contributed by atoms with Crippen LogP contribution < -0.4 is 0 Å². The summed E-state index contributed by atoms with van der Waals surface area (Å²) in [5.74, 6) is -0.00478. The molecule has 0 aliphatic carbocycles. The van der Waals surface area contributed by atoms with Crippen LogP contribution in [0.25, 0.3) is 0 Å². The SMILES string of the molecule is CC(C)CCCCCCCCC=CC(=O)O. The number of carbonyl (C=O) groups is 1. The average Bonchev–Trinajstić information content (AvgIpc) is 2.20. The van der Waals surface area contributed by atoms with Crippen LogP contribution in [0.15, 0.2) is 12.2 Å². The van der Waals surface area contributed by atoms with E-state index in [1.165, 1.54) is 44.6 Å². The molecule has 0 saturated heterocycles. The first-order valence-corrected chi connectivity index (χ1v) is 6.52. The molecular weight excluding hydrogens is 200 g/mol. The van der Waals surface area contributed by atoms with E-state index in [0.29, 0.717) is 0 Å². The predicted molar refractivity (Wildman–Crippen MR) is 68.5 cm³/mol. The Morgan fingerprint density at radius 2 is 1.62 bits per heavy atom. The molecule has 0 aromatic rings. The van der Waals surface area contributed by atoms with Gasteiger partial charge in [-0.25, -0.2) is 4.79 Å². The third-order valence-electron chi connectivity index (χ3n) is 2.66. The van der Waals surface area contributed by atoms with E-state index in [1.807, 2.05) is 0 Å². The summed E-state index contributed by atoms with van der Waals surface area (Å²) in [7, 11) is 0. The minimum Gasteiger partial charge on any atom is -0.478 e. The normalized spacial score (nSPS) is 11.4. The minimum atomic E-state index is -0.839. The van der Waals surface area contributed by atoms with Crippen molar-refractivity contribution in [3.8, 4) is 0 Å². The van der Waals surface area contributed by atoms with E-state index in [-0.39, 0.29) is 0 Å². The average molecular weight is 226 g/mol. The number of carboxylic acids is 1. The third-order valence-corrected chi connectivity index (χ3v) is 2.66. The Kier molecular flexibility index (Phi) is 10.2. The van der Waals surface area contributed by atoms with Crippen molar-refractivity contribution < 1.29 is 9.90 Å². The second kappa shape index (κ2) is 10.7. The molecule has 0 rings (SSSR count). The van der Waals surface area contributed by atoms with Gasteiger partial charge in [0.25, 0.3) is 0 Å². The van der Waals surface area contributed by atoms with Gasteiger partial charge < -0.3 is 5.11 Å². The number of allylic oxidation sites excluding steroid dienone is 1. The van der Waals surface area contributed by atoms with Gasteiger partial charge in [0.2, 0.25) is 0 Å². The summed E-state index contributed by atoms with van der Waals surface area (Å²) in [5.41, 5.74) is 0. The van der Waals surface area contributed by atoms with Crippen molar-refractivity contribution in [3.05, 3.63) is 12.2 Å². The molecule has 2 nitrogen and oxygen atoms in total. The van der Waals surface area contributed by atoms with Crippen LogP contribution in [0.2, 0.25) is 0 Å². The smallest absolute Gasteiger partial charge is 0.327 e. The minimum absolute atomic E-state index is 0.834. The quantitative estimate of drug-likeness (QED) is 0.442. The molecule has 0 radical (unpaired) electrons. The highest BCUT2D eigenvalue weighted by Crippen LogP contribution is 2.11. The van der Waals surface area contributed by atoms with Crippen LogP contribution in [0.3, 0.4) is 0 Å². The summed E-state index contributed by atoms with van der Waals surface area (Å²) in [4.78, 5) is 10.2. The number of hydrogen-bond acceptors (Lipinski definition) is 1. The molecule has 0 aliphatic heterocycles. The number of rotatable bonds is 10. The lowest BCUT2D eigenvalue weighted by atomic mass is 10.0. The van der Waals surface area contributed by atoms with E-state index in [0.717, 1.165) is 18.8 Å². The molecule has 0 heterocycles. The molecule has 0 aromatic heterocycles. The topological polar surface area (TPSA) is 37.3 Å². The Morgan fingerprint density at radius 3 is 2.19 bits per heavy atom. The van der Waals surface area contributed by atoms with Gasteiger partial charge in [0, 0.05) is 6.08 Å². The number of aliphatic carboxylic acids is 1. The molecule has 1 N–H and O–H groups in total. The van der Waals surface area contributed by atoms with Crippen LogP contribution in [0, 0.1) is 5.92 Å². The van der Waals surface area contributed by atoms with Crippen molar-refractivity contribution in [2.24, 2.45) is 5.92 Å². The van der Waals surface area contributed by atoms with Crippen molar-refractivity contribution in [2.75, 3.05) is 0 Å². The fourth-order valence-corrected chi connectivity index (χ4v) is 1.71. The largest absolute Gasteiger partial charge is 0.478 e.